The van der Waals surface area contributed by atoms with Crippen LogP contribution in [0.3, 0.4) is 0 Å². The Morgan fingerprint density at radius 2 is 1.82 bits per heavy atom. The normalized spacial score (nSPS) is 12.0. The van der Waals surface area contributed by atoms with Gasteiger partial charge in [-0.25, -0.2) is 8.78 Å². The van der Waals surface area contributed by atoms with Crippen LogP contribution in [0, 0.1) is 11.6 Å². The third-order valence-corrected chi connectivity index (χ3v) is 4.41. The Morgan fingerprint density at radius 3 is 2.46 bits per heavy atom. The van der Waals surface area contributed by atoms with E-state index in [1.807, 2.05) is 0 Å². The maximum absolute atomic E-state index is 14.6. The number of carbonyl (C=O) groups excluding carboxylic acids is 2. The minimum absolute atomic E-state index is 0.0126. The van der Waals surface area contributed by atoms with Gasteiger partial charge in [0.15, 0.2) is 5.78 Å². The number of hydrogen-bond acceptors (Lipinski definition) is 4. The van der Waals surface area contributed by atoms with Crippen LogP contribution in [0.2, 0.25) is 0 Å². The molecule has 2 aromatic carbocycles. The Kier molecular flexibility index (Phi) is 5.32. The molecule has 0 spiro atoms. The molecule has 0 aliphatic carbocycles. The van der Waals surface area contributed by atoms with E-state index in [1.54, 1.807) is 6.92 Å². The predicted octanol–water partition coefficient (Wildman–Crippen LogP) is 2.17. The van der Waals surface area contributed by atoms with Gasteiger partial charge in [0.05, 0.1) is 18.2 Å². The molecule has 0 aliphatic heterocycles. The lowest BCUT2D eigenvalue weighted by molar-refractivity contribution is -0.120. The molecule has 0 radical (unpaired) electrons. The lowest BCUT2D eigenvalue weighted by Crippen LogP contribution is -2.32. The smallest absolute Gasteiger partial charge is 0.255 e. The molecule has 8 heteroatoms. The van der Waals surface area contributed by atoms with Gasteiger partial charge in [0.1, 0.15) is 11.6 Å². The fraction of sp³-hybridized carbons (Fsp3) is 0.150. The van der Waals surface area contributed by atoms with Gasteiger partial charge in [-0.2, -0.15) is 0 Å². The molecule has 3 aromatic rings. The molecule has 4 N–H and O–H groups in total. The van der Waals surface area contributed by atoms with Gasteiger partial charge in [0, 0.05) is 17.1 Å². The molecule has 28 heavy (non-hydrogen) atoms. The highest BCUT2D eigenvalue weighted by Gasteiger charge is 2.23. The Hall–Kier alpha value is -3.39. The minimum Gasteiger partial charge on any atom is -0.348 e. The average molecular weight is 385 g/mol. The Labute approximate surface area is 158 Å². The molecule has 0 saturated heterocycles. The highest BCUT2D eigenvalue weighted by atomic mass is 19.1. The number of aromatic amines is 1. The standard InChI is InChI=1S/C20H17F2N3O3/c1-10(25-17(26)9-23)11-7-15(21)18(16(22)8-11)19(27)13-3-2-4-14-12(13)5-6-24-20(14)28/h2-8,10H,9,23H2,1H3,(H,24,28)(H,25,26). The maximum atomic E-state index is 14.6. The minimum atomic E-state index is -1.06. The number of carbonyl (C=O) groups is 2. The van der Waals surface area contributed by atoms with Gasteiger partial charge in [-0.3, -0.25) is 14.4 Å². The Morgan fingerprint density at radius 1 is 1.14 bits per heavy atom. The summed E-state index contributed by atoms with van der Waals surface area (Å²) in [5, 5.41) is 3.02. The first-order valence-corrected chi connectivity index (χ1v) is 8.47. The Bertz CT molecular complexity index is 1120. The quantitative estimate of drug-likeness (QED) is 0.586. The number of halogens is 2. The van der Waals surface area contributed by atoms with E-state index in [4.69, 9.17) is 5.73 Å². The number of pyridine rings is 1. The molecule has 0 aliphatic rings. The maximum Gasteiger partial charge on any atom is 0.255 e. The van der Waals surface area contributed by atoms with Crippen molar-refractivity contribution in [1.82, 2.24) is 10.3 Å². The fourth-order valence-corrected chi connectivity index (χ4v) is 3.00. The summed E-state index contributed by atoms with van der Waals surface area (Å²) in [5.41, 5.74) is 4.24. The molecule has 3 rings (SSSR count). The van der Waals surface area contributed by atoms with E-state index < -0.39 is 40.5 Å². The molecule has 1 amide bonds. The third-order valence-electron chi connectivity index (χ3n) is 4.41. The van der Waals surface area contributed by atoms with Crippen LogP contribution in [0.5, 0.6) is 0 Å². The predicted molar refractivity (Wildman–Crippen MR) is 100.0 cm³/mol. The largest absolute Gasteiger partial charge is 0.348 e. The van der Waals surface area contributed by atoms with Crippen molar-refractivity contribution in [2.45, 2.75) is 13.0 Å². The van der Waals surface area contributed by atoms with Crippen molar-refractivity contribution < 1.29 is 18.4 Å². The van der Waals surface area contributed by atoms with Crippen molar-refractivity contribution in [3.05, 3.63) is 81.3 Å². The number of amides is 1. The number of nitrogens with two attached hydrogens (primary N) is 1. The zero-order chi connectivity index (χ0) is 20.4. The summed E-state index contributed by atoms with van der Waals surface area (Å²) in [7, 11) is 0. The van der Waals surface area contributed by atoms with Gasteiger partial charge in [-0.05, 0) is 42.1 Å². The van der Waals surface area contributed by atoms with Crippen molar-refractivity contribution in [2.75, 3.05) is 6.54 Å². The van der Waals surface area contributed by atoms with Gasteiger partial charge in [-0.1, -0.05) is 12.1 Å². The van der Waals surface area contributed by atoms with Gasteiger partial charge in [-0.15, -0.1) is 0 Å². The summed E-state index contributed by atoms with van der Waals surface area (Å²) in [6.45, 7) is 1.28. The number of hydrogen-bond donors (Lipinski definition) is 3. The zero-order valence-corrected chi connectivity index (χ0v) is 14.9. The molecule has 1 unspecified atom stereocenters. The first-order valence-electron chi connectivity index (χ1n) is 8.47. The second kappa shape index (κ2) is 7.69. The first-order chi connectivity index (χ1) is 13.3. The number of benzene rings is 2. The van der Waals surface area contributed by atoms with Crippen LogP contribution in [0.1, 0.15) is 34.5 Å². The summed E-state index contributed by atoms with van der Waals surface area (Å²) in [4.78, 5) is 38.6. The summed E-state index contributed by atoms with van der Waals surface area (Å²) < 4.78 is 29.3. The number of H-pyrrole nitrogens is 1. The molecular formula is C20H17F2N3O3. The third kappa shape index (κ3) is 3.54. The number of aromatic nitrogens is 1. The topological polar surface area (TPSA) is 105 Å². The summed E-state index contributed by atoms with van der Waals surface area (Å²) in [6, 6.07) is 7.19. The molecule has 144 valence electrons. The van der Waals surface area contributed by atoms with Crippen LogP contribution in [-0.2, 0) is 4.79 Å². The van der Waals surface area contributed by atoms with E-state index in [2.05, 4.69) is 10.3 Å². The van der Waals surface area contributed by atoms with Crippen molar-refractivity contribution in [3.8, 4) is 0 Å². The van der Waals surface area contributed by atoms with Crippen LogP contribution in [0.25, 0.3) is 10.8 Å². The van der Waals surface area contributed by atoms with Crippen molar-refractivity contribution in [1.29, 1.82) is 0 Å². The van der Waals surface area contributed by atoms with Crippen LogP contribution in [-0.4, -0.2) is 23.2 Å². The van der Waals surface area contributed by atoms with Crippen molar-refractivity contribution in [2.24, 2.45) is 5.73 Å². The highest BCUT2D eigenvalue weighted by Crippen LogP contribution is 2.25. The zero-order valence-electron chi connectivity index (χ0n) is 14.9. The van der Waals surface area contributed by atoms with Gasteiger partial charge in [0.25, 0.3) is 5.56 Å². The van der Waals surface area contributed by atoms with E-state index in [-0.39, 0.29) is 23.1 Å². The van der Waals surface area contributed by atoms with Crippen LogP contribution in [0.4, 0.5) is 8.78 Å². The molecule has 1 atom stereocenters. The van der Waals surface area contributed by atoms with E-state index in [0.29, 0.717) is 5.39 Å². The number of fused-ring (bicyclic) bond motifs is 1. The van der Waals surface area contributed by atoms with Crippen molar-refractivity contribution in [3.63, 3.8) is 0 Å². The lowest BCUT2D eigenvalue weighted by Gasteiger charge is -2.15. The fourth-order valence-electron chi connectivity index (χ4n) is 3.00. The van der Waals surface area contributed by atoms with E-state index in [9.17, 15) is 23.2 Å². The van der Waals surface area contributed by atoms with Gasteiger partial charge >= 0.3 is 0 Å². The molecule has 0 fully saturated rings. The SMILES string of the molecule is CC(NC(=O)CN)c1cc(F)c(C(=O)c2cccc3c(=O)[nH]ccc23)c(F)c1. The monoisotopic (exact) mass is 385 g/mol. The molecule has 6 nitrogen and oxygen atoms in total. The lowest BCUT2D eigenvalue weighted by atomic mass is 9.95. The second-order valence-corrected chi connectivity index (χ2v) is 6.26. The summed E-state index contributed by atoms with van der Waals surface area (Å²) in [5.74, 6) is -3.47. The summed E-state index contributed by atoms with van der Waals surface area (Å²) >= 11 is 0. The van der Waals surface area contributed by atoms with Crippen molar-refractivity contribution >= 4 is 22.5 Å². The van der Waals surface area contributed by atoms with Gasteiger partial charge < -0.3 is 16.0 Å². The second-order valence-electron chi connectivity index (χ2n) is 6.26. The average Bonchev–Trinajstić information content (AvgIpc) is 2.67. The summed E-state index contributed by atoms with van der Waals surface area (Å²) in [6.07, 6.45) is 1.36. The van der Waals surface area contributed by atoms with E-state index in [0.717, 1.165) is 12.1 Å². The molecular weight excluding hydrogens is 368 g/mol. The molecule has 0 bridgehead atoms. The van der Waals surface area contributed by atoms with Gasteiger partial charge in [0.2, 0.25) is 5.91 Å². The first kappa shape index (κ1) is 19.4. The Balaban J connectivity index is 2.05. The molecule has 1 aromatic heterocycles. The molecule has 0 saturated carbocycles. The number of nitrogens with one attached hydrogen (secondary N) is 2. The molecule has 1 heterocycles. The van der Waals surface area contributed by atoms with Crippen LogP contribution >= 0.6 is 0 Å². The van der Waals surface area contributed by atoms with Crippen LogP contribution < -0.4 is 16.6 Å². The number of rotatable bonds is 5. The van der Waals surface area contributed by atoms with E-state index >= 15 is 0 Å². The highest BCUT2D eigenvalue weighted by molar-refractivity contribution is 6.16. The number of ketones is 1. The van der Waals surface area contributed by atoms with Crippen LogP contribution in [0.15, 0.2) is 47.4 Å². The van der Waals surface area contributed by atoms with E-state index in [1.165, 1.54) is 30.5 Å².